The van der Waals surface area contributed by atoms with Crippen molar-refractivity contribution in [3.8, 4) is 0 Å². The quantitative estimate of drug-likeness (QED) is 0.645. The third-order valence-electron chi connectivity index (χ3n) is 2.46. The maximum absolute atomic E-state index is 2.25. The van der Waals surface area contributed by atoms with E-state index in [1.54, 1.807) is 0 Å². The lowest BCUT2D eigenvalue weighted by Gasteiger charge is -2.35. The van der Waals surface area contributed by atoms with Gasteiger partial charge in [0.05, 0.1) is 0 Å². The summed E-state index contributed by atoms with van der Waals surface area (Å²) >= 11 is 8.87. The highest BCUT2D eigenvalue weighted by molar-refractivity contribution is 8.34. The zero-order chi connectivity index (χ0) is 9.69. The number of rotatable bonds is 0. The summed E-state index contributed by atoms with van der Waals surface area (Å²) in [5, 5.41) is 0. The normalized spacial score (nSPS) is 29.1. The van der Waals surface area contributed by atoms with Crippen LogP contribution in [-0.2, 0) is 0 Å². The fraction of sp³-hybridized carbons (Fsp3) is 1.00. The second-order valence-corrected chi connectivity index (χ2v) is 9.83. The lowest BCUT2D eigenvalue weighted by atomic mass is 10.4. The van der Waals surface area contributed by atoms with Crippen LogP contribution < -0.4 is 0 Å². The molecule has 0 aliphatic carbocycles. The Hall–Kier alpha value is 1.40. The molecular formula is C10H18S4. The third kappa shape index (κ3) is 3.46. The van der Waals surface area contributed by atoms with Gasteiger partial charge in [0.25, 0.3) is 0 Å². The molecule has 0 nitrogen and oxygen atoms in total. The van der Waals surface area contributed by atoms with Gasteiger partial charge in [0.15, 0.2) is 0 Å². The van der Waals surface area contributed by atoms with Crippen LogP contribution in [0.25, 0.3) is 0 Å². The van der Waals surface area contributed by atoms with E-state index < -0.39 is 0 Å². The average molecular weight is 267 g/mol. The van der Waals surface area contributed by atoms with Gasteiger partial charge in [0, 0.05) is 0 Å². The van der Waals surface area contributed by atoms with Gasteiger partial charge < -0.3 is 0 Å². The molecule has 2 saturated heterocycles. The first-order valence-corrected chi connectivity index (χ1v) is 9.52. The molecule has 0 saturated carbocycles. The van der Waals surface area contributed by atoms with Crippen LogP contribution in [-0.4, -0.2) is 32.2 Å². The van der Waals surface area contributed by atoms with Gasteiger partial charge in [-0.2, -0.15) is 11.8 Å². The lowest BCUT2D eigenvalue weighted by Crippen LogP contribution is -2.21. The van der Waals surface area contributed by atoms with E-state index in [1.807, 2.05) is 0 Å². The van der Waals surface area contributed by atoms with Crippen molar-refractivity contribution < 1.29 is 0 Å². The van der Waals surface area contributed by atoms with Crippen molar-refractivity contribution in [3.63, 3.8) is 0 Å². The molecule has 2 rings (SSSR count). The molecule has 82 valence electrons. The van der Waals surface area contributed by atoms with Crippen LogP contribution in [0.2, 0.25) is 0 Å². The summed E-state index contributed by atoms with van der Waals surface area (Å²) < 4.78 is 0.559. The van der Waals surface area contributed by atoms with Crippen molar-refractivity contribution in [2.75, 3.05) is 28.8 Å². The molecule has 1 spiro atoms. The van der Waals surface area contributed by atoms with Crippen LogP contribution in [0, 0.1) is 0 Å². The van der Waals surface area contributed by atoms with Crippen LogP contribution >= 0.6 is 47.0 Å². The van der Waals surface area contributed by atoms with E-state index >= 15 is 0 Å². The van der Waals surface area contributed by atoms with Crippen molar-refractivity contribution in [2.45, 2.75) is 29.1 Å². The van der Waals surface area contributed by atoms with Crippen molar-refractivity contribution in [1.82, 2.24) is 0 Å². The highest BCUT2D eigenvalue weighted by atomic mass is 32.3. The molecule has 2 aliphatic rings. The molecule has 0 radical (unpaired) electrons. The SMILES string of the molecule is C1CSCCCC2(SC1)SCCCS2. The zero-order valence-electron chi connectivity index (χ0n) is 8.50. The molecule has 0 atom stereocenters. The molecule has 0 unspecified atom stereocenters. The van der Waals surface area contributed by atoms with Gasteiger partial charge in [-0.05, 0) is 54.4 Å². The Morgan fingerprint density at radius 3 is 1.93 bits per heavy atom. The van der Waals surface area contributed by atoms with Crippen LogP contribution in [0.3, 0.4) is 0 Å². The Bertz CT molecular complexity index is 154. The Labute approximate surface area is 105 Å². The fourth-order valence-corrected chi connectivity index (χ4v) is 8.17. The van der Waals surface area contributed by atoms with E-state index in [0.717, 1.165) is 0 Å². The largest absolute Gasteiger partial charge is 0.162 e. The van der Waals surface area contributed by atoms with Gasteiger partial charge in [-0.25, -0.2) is 0 Å². The highest BCUT2D eigenvalue weighted by Gasteiger charge is 2.33. The first-order chi connectivity index (χ1) is 6.91. The Morgan fingerprint density at radius 1 is 0.643 bits per heavy atom. The second kappa shape index (κ2) is 6.21. The number of thioether (sulfide) groups is 4. The van der Waals surface area contributed by atoms with Crippen molar-refractivity contribution >= 4 is 47.0 Å². The Kier molecular flexibility index (Phi) is 5.27. The second-order valence-electron chi connectivity index (χ2n) is 3.65. The molecule has 0 amide bonds. The summed E-state index contributed by atoms with van der Waals surface area (Å²) in [6.07, 6.45) is 5.70. The van der Waals surface area contributed by atoms with E-state index in [1.165, 1.54) is 54.4 Å². The summed E-state index contributed by atoms with van der Waals surface area (Å²) in [6.45, 7) is 0. The van der Waals surface area contributed by atoms with E-state index in [4.69, 9.17) is 0 Å². The van der Waals surface area contributed by atoms with Gasteiger partial charge in [-0.1, -0.05) is 0 Å². The Morgan fingerprint density at radius 2 is 1.21 bits per heavy atom. The predicted octanol–water partition coefficient (Wildman–Crippen LogP) is 4.16. The zero-order valence-corrected chi connectivity index (χ0v) is 11.8. The smallest absolute Gasteiger partial charge is 0.107 e. The molecule has 4 heteroatoms. The molecular weight excluding hydrogens is 248 g/mol. The predicted molar refractivity (Wildman–Crippen MR) is 75.9 cm³/mol. The highest BCUT2D eigenvalue weighted by Crippen LogP contribution is 2.53. The Balaban J connectivity index is 1.91. The topological polar surface area (TPSA) is 0 Å². The average Bonchev–Trinajstić information content (AvgIpc) is 2.33. The molecule has 14 heavy (non-hydrogen) atoms. The monoisotopic (exact) mass is 266 g/mol. The van der Waals surface area contributed by atoms with E-state index in [9.17, 15) is 0 Å². The summed E-state index contributed by atoms with van der Waals surface area (Å²) in [7, 11) is 0. The van der Waals surface area contributed by atoms with E-state index in [0.29, 0.717) is 3.41 Å². The van der Waals surface area contributed by atoms with E-state index in [2.05, 4.69) is 47.0 Å². The van der Waals surface area contributed by atoms with Gasteiger partial charge in [0.2, 0.25) is 0 Å². The minimum absolute atomic E-state index is 0.559. The maximum atomic E-state index is 2.25. The maximum Gasteiger partial charge on any atom is 0.107 e. The summed E-state index contributed by atoms with van der Waals surface area (Å²) in [6, 6.07) is 0. The molecule has 0 aromatic carbocycles. The fourth-order valence-electron chi connectivity index (χ4n) is 1.74. The van der Waals surface area contributed by atoms with Crippen molar-refractivity contribution in [3.05, 3.63) is 0 Å². The van der Waals surface area contributed by atoms with Gasteiger partial charge in [0.1, 0.15) is 3.41 Å². The molecule has 0 N–H and O–H groups in total. The standard InChI is InChI=1S/C10H18S4/c1-4-10(13-8-3-9-14-10)12-7-2-6-11-5-1/h1-9H2. The molecule has 2 aliphatic heterocycles. The molecule has 0 bridgehead atoms. The first-order valence-electron chi connectivity index (χ1n) is 5.41. The van der Waals surface area contributed by atoms with E-state index in [-0.39, 0.29) is 0 Å². The van der Waals surface area contributed by atoms with Gasteiger partial charge >= 0.3 is 0 Å². The van der Waals surface area contributed by atoms with Crippen molar-refractivity contribution in [2.24, 2.45) is 0 Å². The first kappa shape index (κ1) is 11.9. The molecule has 0 aromatic rings. The molecule has 2 fully saturated rings. The van der Waals surface area contributed by atoms with Crippen LogP contribution in [0.4, 0.5) is 0 Å². The minimum Gasteiger partial charge on any atom is -0.162 e. The molecule has 0 aromatic heterocycles. The van der Waals surface area contributed by atoms with Crippen LogP contribution in [0.15, 0.2) is 0 Å². The summed E-state index contributed by atoms with van der Waals surface area (Å²) in [4.78, 5) is 0. The van der Waals surface area contributed by atoms with Crippen LogP contribution in [0.5, 0.6) is 0 Å². The molecule has 2 heterocycles. The van der Waals surface area contributed by atoms with Crippen LogP contribution in [0.1, 0.15) is 25.7 Å². The minimum atomic E-state index is 0.559. The third-order valence-corrected chi connectivity index (χ3v) is 9.15. The number of hydrogen-bond acceptors (Lipinski definition) is 4. The van der Waals surface area contributed by atoms with Crippen molar-refractivity contribution in [1.29, 1.82) is 0 Å². The van der Waals surface area contributed by atoms with Gasteiger partial charge in [-0.15, -0.1) is 35.3 Å². The summed E-state index contributed by atoms with van der Waals surface area (Å²) in [5.41, 5.74) is 0. The number of hydrogen-bond donors (Lipinski definition) is 0. The van der Waals surface area contributed by atoms with Gasteiger partial charge in [-0.3, -0.25) is 0 Å². The lowest BCUT2D eigenvalue weighted by molar-refractivity contribution is 0.844. The summed E-state index contributed by atoms with van der Waals surface area (Å²) in [5.74, 6) is 6.95.